The van der Waals surface area contributed by atoms with Crippen LogP contribution in [-0.2, 0) is 25.6 Å². The number of likely N-dealkylation sites (tertiary alicyclic amines) is 1. The van der Waals surface area contributed by atoms with Gasteiger partial charge in [-0.25, -0.2) is 19.6 Å². The quantitative estimate of drug-likeness (QED) is 0.188. The number of aromatic nitrogens is 4. The maximum atomic E-state index is 13.5. The minimum Gasteiger partial charge on any atom is -0.453 e. The van der Waals surface area contributed by atoms with E-state index in [0.717, 1.165) is 29.8 Å². The van der Waals surface area contributed by atoms with Crippen molar-refractivity contribution in [3.63, 3.8) is 0 Å². The molecule has 3 heterocycles. The smallest absolute Gasteiger partial charge is 0.407 e. The Labute approximate surface area is 325 Å². The third-order valence-electron chi connectivity index (χ3n) is 8.26. The van der Waals surface area contributed by atoms with Crippen molar-refractivity contribution in [3.05, 3.63) is 70.8 Å². The first kappa shape index (κ1) is 45.4. The van der Waals surface area contributed by atoms with Crippen LogP contribution in [-0.4, -0.2) is 87.1 Å². The average Bonchev–Trinajstić information content (AvgIpc) is 3.92. The molecule has 4 rings (SSSR count). The Hall–Kier alpha value is -5.76. The highest BCUT2D eigenvalue weighted by atomic mass is 16.5. The predicted octanol–water partition coefficient (Wildman–Crippen LogP) is 5.74. The first-order valence-corrected chi connectivity index (χ1v) is 18.7. The molecule has 0 aliphatic carbocycles. The van der Waals surface area contributed by atoms with Gasteiger partial charge in [-0.05, 0) is 66.7 Å². The Bertz CT molecular complexity index is 1810. The second-order valence-corrected chi connectivity index (χ2v) is 13.6. The molecule has 4 amide bonds. The average molecular weight is 759 g/mol. The number of H-pyrrole nitrogens is 2. The van der Waals surface area contributed by atoms with E-state index in [1.165, 1.54) is 14.2 Å². The van der Waals surface area contributed by atoms with Gasteiger partial charge in [-0.2, -0.15) is 0 Å². The number of alkyl carbamates (subject to hydrolysis) is 1. The van der Waals surface area contributed by atoms with Crippen molar-refractivity contribution in [2.75, 3.05) is 27.3 Å². The Morgan fingerprint density at radius 1 is 0.945 bits per heavy atom. The number of nitrogens with one attached hydrogen (secondary N) is 3. The summed E-state index contributed by atoms with van der Waals surface area (Å²) in [6, 6.07) is 6.71. The van der Waals surface area contributed by atoms with Crippen molar-refractivity contribution in [2.45, 2.75) is 93.3 Å². The minimum absolute atomic E-state index is 0.110. The summed E-state index contributed by atoms with van der Waals surface area (Å²) in [4.78, 5) is 66.5. The van der Waals surface area contributed by atoms with E-state index < -0.39 is 18.2 Å². The molecule has 14 heteroatoms. The summed E-state index contributed by atoms with van der Waals surface area (Å²) in [6.07, 6.45) is 4.17. The molecule has 0 bridgehead atoms. The van der Waals surface area contributed by atoms with Crippen LogP contribution >= 0.6 is 0 Å². The van der Waals surface area contributed by atoms with E-state index in [9.17, 15) is 19.2 Å². The van der Waals surface area contributed by atoms with Gasteiger partial charge < -0.3 is 40.3 Å². The van der Waals surface area contributed by atoms with Crippen molar-refractivity contribution in [1.82, 2.24) is 35.1 Å². The highest BCUT2D eigenvalue weighted by molar-refractivity contribution is 5.86. The summed E-state index contributed by atoms with van der Waals surface area (Å²) in [6.45, 7) is 17.8. The van der Waals surface area contributed by atoms with E-state index in [4.69, 9.17) is 4.74 Å². The molecule has 1 fully saturated rings. The maximum absolute atomic E-state index is 13.5. The van der Waals surface area contributed by atoms with E-state index in [1.807, 2.05) is 70.7 Å². The lowest BCUT2D eigenvalue weighted by atomic mass is 10.0. The molecule has 0 radical (unpaired) electrons. The first-order chi connectivity index (χ1) is 26.2. The fraction of sp³-hybridized carbons (Fsp3) is 0.512. The molecule has 298 valence electrons. The molecule has 3 unspecified atom stereocenters. The van der Waals surface area contributed by atoms with Crippen molar-refractivity contribution in [1.29, 1.82) is 0 Å². The molecule has 1 aromatic carbocycles. The Morgan fingerprint density at radius 2 is 1.51 bits per heavy atom. The number of carbonyl (C=O) groups is 4. The van der Waals surface area contributed by atoms with Crippen molar-refractivity contribution >= 4 is 24.0 Å². The van der Waals surface area contributed by atoms with Gasteiger partial charge in [0.2, 0.25) is 11.8 Å². The number of methoxy groups -OCH3 is 2. The number of hydrogen-bond donors (Lipinski definition) is 4. The second kappa shape index (κ2) is 23.1. The van der Waals surface area contributed by atoms with Crippen LogP contribution in [0.5, 0.6) is 0 Å². The number of primary amides is 1. The minimum atomic E-state index is -0.745. The van der Waals surface area contributed by atoms with Gasteiger partial charge in [-0.3, -0.25) is 9.59 Å². The summed E-state index contributed by atoms with van der Waals surface area (Å²) in [5.41, 5.74) is 7.42. The topological polar surface area (TPSA) is 189 Å². The van der Waals surface area contributed by atoms with Crippen LogP contribution in [0.3, 0.4) is 0 Å². The largest absolute Gasteiger partial charge is 0.453 e. The van der Waals surface area contributed by atoms with E-state index in [0.29, 0.717) is 49.2 Å². The fourth-order valence-corrected chi connectivity index (χ4v) is 5.64. The van der Waals surface area contributed by atoms with Gasteiger partial charge >= 0.3 is 12.2 Å². The first-order valence-electron chi connectivity index (χ1n) is 18.7. The number of imidazole rings is 2. The molecule has 0 spiro atoms. The molecule has 3 atom stereocenters. The van der Waals surface area contributed by atoms with Crippen molar-refractivity contribution in [2.24, 2.45) is 23.5 Å². The van der Waals surface area contributed by atoms with Crippen LogP contribution in [0.25, 0.3) is 0 Å². The lowest BCUT2D eigenvalue weighted by Crippen LogP contribution is -2.51. The Morgan fingerprint density at radius 3 is 2.02 bits per heavy atom. The van der Waals surface area contributed by atoms with Gasteiger partial charge in [-0.1, -0.05) is 67.2 Å². The van der Waals surface area contributed by atoms with Gasteiger partial charge in [0.15, 0.2) is 0 Å². The number of rotatable bonds is 10. The number of ether oxygens (including phenoxy) is 2. The number of benzene rings is 1. The highest BCUT2D eigenvalue weighted by Gasteiger charge is 2.40. The van der Waals surface area contributed by atoms with Crippen LogP contribution in [0, 0.1) is 41.4 Å². The molecule has 1 aliphatic heterocycles. The summed E-state index contributed by atoms with van der Waals surface area (Å²) >= 11 is 0. The van der Waals surface area contributed by atoms with E-state index >= 15 is 0 Å². The second-order valence-electron chi connectivity index (χ2n) is 13.6. The zero-order valence-corrected chi connectivity index (χ0v) is 33.9. The molecule has 2 aromatic heterocycles. The van der Waals surface area contributed by atoms with Crippen LogP contribution in [0.1, 0.15) is 115 Å². The van der Waals surface area contributed by atoms with Gasteiger partial charge in [0.1, 0.15) is 29.1 Å². The van der Waals surface area contributed by atoms with Gasteiger partial charge in [0, 0.05) is 30.6 Å². The summed E-state index contributed by atoms with van der Waals surface area (Å²) in [5, 5.41) is 2.68. The van der Waals surface area contributed by atoms with Crippen LogP contribution in [0.2, 0.25) is 0 Å². The molecule has 0 saturated carbocycles. The van der Waals surface area contributed by atoms with E-state index in [1.54, 1.807) is 17.3 Å². The molecular weight excluding hydrogens is 701 g/mol. The highest BCUT2D eigenvalue weighted by Crippen LogP contribution is 2.34. The molecule has 5 N–H and O–H groups in total. The number of amides is 4. The molecular formula is C41H58N8O6. The number of carbonyl (C=O) groups excluding carboxylic acids is 4. The fourth-order valence-electron chi connectivity index (χ4n) is 5.64. The van der Waals surface area contributed by atoms with Crippen molar-refractivity contribution in [3.8, 4) is 23.7 Å². The standard InChI is InChI=1S/C37H47N7O4.C2H5NO2.C2H6/c1-8-17-43(33(45)18-24(2)3)23-32-38-20-29(40-32)15-13-27-9-11-28(12-10-27)14-16-30-21-39-35(41-30)31-19-26(6)22-44(31)36(46)34(25(4)5)42-37(47)48-7;1-5-2(3)4;1-2/h9-12,20-21,24-26,31,34H,8,17-19,22-23H2,1-7H3,(H,38,40)(H,39,41)(H,42,47);1H3,(H2,3,4);1-2H3. The number of nitrogens with two attached hydrogens (primary N) is 1. The molecule has 3 aromatic rings. The maximum Gasteiger partial charge on any atom is 0.407 e. The predicted molar refractivity (Wildman–Crippen MR) is 211 cm³/mol. The van der Waals surface area contributed by atoms with E-state index in [2.05, 4.69) is 73.3 Å². The third-order valence-corrected chi connectivity index (χ3v) is 8.26. The van der Waals surface area contributed by atoms with Crippen LogP contribution < -0.4 is 11.1 Å². The normalized spacial score (nSPS) is 14.8. The lowest BCUT2D eigenvalue weighted by Gasteiger charge is -2.30. The third kappa shape index (κ3) is 14.9. The monoisotopic (exact) mass is 758 g/mol. The summed E-state index contributed by atoms with van der Waals surface area (Å²) < 4.78 is 8.63. The summed E-state index contributed by atoms with van der Waals surface area (Å²) in [5.74, 6) is 14.4. The van der Waals surface area contributed by atoms with E-state index in [-0.39, 0.29) is 29.7 Å². The summed E-state index contributed by atoms with van der Waals surface area (Å²) in [7, 11) is 2.51. The molecule has 14 nitrogen and oxygen atoms in total. The Kier molecular flexibility index (Phi) is 19.1. The number of hydrogen-bond acceptors (Lipinski definition) is 8. The van der Waals surface area contributed by atoms with Gasteiger partial charge in [0.25, 0.3) is 0 Å². The number of aromatic amines is 2. The Balaban J connectivity index is 0.00000138. The molecule has 1 aliphatic rings. The zero-order chi connectivity index (χ0) is 41.1. The van der Waals surface area contributed by atoms with Crippen LogP contribution in [0.4, 0.5) is 9.59 Å². The lowest BCUT2D eigenvalue weighted by molar-refractivity contribution is -0.135. The SMILES string of the molecule is CC.CCCN(Cc1ncc(C#Cc2ccc(C#Cc3cnc(C4CC(C)CN4C(=O)C(NC(=O)OC)C(C)C)[nH]3)cc2)[nH]1)C(=O)CC(C)C.COC(N)=O. The number of nitrogens with zero attached hydrogens (tertiary/aromatic N) is 4. The van der Waals surface area contributed by atoms with Gasteiger partial charge in [-0.15, -0.1) is 0 Å². The molecule has 55 heavy (non-hydrogen) atoms. The molecule has 1 saturated heterocycles. The van der Waals surface area contributed by atoms with Gasteiger partial charge in [0.05, 0.1) is 39.2 Å². The van der Waals surface area contributed by atoms with Crippen molar-refractivity contribution < 1.29 is 28.7 Å². The van der Waals surface area contributed by atoms with Crippen LogP contribution in [0.15, 0.2) is 36.7 Å². The zero-order valence-electron chi connectivity index (χ0n) is 33.9.